The van der Waals surface area contributed by atoms with Gasteiger partial charge < -0.3 is 5.32 Å². The molecule has 66 valence electrons. The molecule has 1 aromatic carbocycles. The molecule has 0 fully saturated rings. The van der Waals surface area contributed by atoms with E-state index in [4.69, 9.17) is 0 Å². The number of hydrogen-bond donors (Lipinski definition) is 1. The van der Waals surface area contributed by atoms with E-state index in [0.717, 1.165) is 11.0 Å². The molecule has 0 radical (unpaired) electrons. The van der Waals surface area contributed by atoms with Gasteiger partial charge in [-0.05, 0) is 37.1 Å². The normalized spacial score (nSPS) is 10.2. The zero-order chi connectivity index (χ0) is 8.97. The number of halogens is 1. The van der Waals surface area contributed by atoms with Crippen LogP contribution in [0.4, 0.5) is 0 Å². The molecule has 0 saturated carbocycles. The Labute approximate surface area is 86.1 Å². The minimum atomic E-state index is 0.924. The highest BCUT2D eigenvalue weighted by molar-refractivity contribution is 9.10. The van der Waals surface area contributed by atoms with Crippen molar-refractivity contribution in [2.24, 2.45) is 0 Å². The summed E-state index contributed by atoms with van der Waals surface area (Å²) >= 11 is 5.25. The van der Waals surface area contributed by atoms with Crippen LogP contribution in [0, 0.1) is 0 Å². The van der Waals surface area contributed by atoms with Crippen LogP contribution >= 0.6 is 27.7 Å². The standard InChI is InChI=1S/C9H12BrNS/c1-11-6-7-3-8(10)5-9(4-7)12-2/h3-5,11H,6H2,1-2H3. The van der Waals surface area contributed by atoms with Gasteiger partial charge in [0.05, 0.1) is 0 Å². The van der Waals surface area contributed by atoms with Gasteiger partial charge in [-0.15, -0.1) is 11.8 Å². The Morgan fingerprint density at radius 1 is 1.42 bits per heavy atom. The summed E-state index contributed by atoms with van der Waals surface area (Å²) in [5.74, 6) is 0. The van der Waals surface area contributed by atoms with E-state index in [1.165, 1.54) is 10.5 Å². The third-order valence-corrected chi connectivity index (χ3v) is 2.71. The second-order valence-corrected chi connectivity index (χ2v) is 4.32. The first-order valence-corrected chi connectivity index (χ1v) is 5.76. The molecule has 1 rings (SSSR count). The zero-order valence-electron chi connectivity index (χ0n) is 7.23. The summed E-state index contributed by atoms with van der Waals surface area (Å²) < 4.78 is 1.15. The molecular formula is C9H12BrNS. The van der Waals surface area contributed by atoms with Crippen LogP contribution in [0.5, 0.6) is 0 Å². The Morgan fingerprint density at radius 3 is 2.75 bits per heavy atom. The van der Waals surface area contributed by atoms with Gasteiger partial charge in [-0.1, -0.05) is 15.9 Å². The number of rotatable bonds is 3. The minimum absolute atomic E-state index is 0.924. The smallest absolute Gasteiger partial charge is 0.0203 e. The molecule has 0 unspecified atom stereocenters. The fourth-order valence-electron chi connectivity index (χ4n) is 1.04. The zero-order valence-corrected chi connectivity index (χ0v) is 9.63. The van der Waals surface area contributed by atoms with E-state index in [0.29, 0.717) is 0 Å². The Kier molecular flexibility index (Phi) is 4.12. The Bertz CT molecular complexity index is 263. The fourth-order valence-corrected chi connectivity index (χ4v) is 2.25. The van der Waals surface area contributed by atoms with Crippen molar-refractivity contribution in [1.29, 1.82) is 0 Å². The largest absolute Gasteiger partial charge is 0.316 e. The highest BCUT2D eigenvalue weighted by Gasteiger charge is 1.97. The number of hydrogen-bond acceptors (Lipinski definition) is 2. The molecule has 3 heteroatoms. The van der Waals surface area contributed by atoms with Crippen LogP contribution in [0.3, 0.4) is 0 Å². The van der Waals surface area contributed by atoms with Crippen LogP contribution in [-0.2, 0) is 6.54 Å². The van der Waals surface area contributed by atoms with Crippen LogP contribution in [-0.4, -0.2) is 13.3 Å². The fraction of sp³-hybridized carbons (Fsp3) is 0.333. The van der Waals surface area contributed by atoms with E-state index >= 15 is 0 Å². The van der Waals surface area contributed by atoms with Crippen LogP contribution < -0.4 is 5.32 Å². The first kappa shape index (κ1) is 10.1. The summed E-state index contributed by atoms with van der Waals surface area (Å²) in [4.78, 5) is 1.30. The maximum Gasteiger partial charge on any atom is 0.0203 e. The molecule has 0 spiro atoms. The van der Waals surface area contributed by atoms with Crippen LogP contribution in [0.15, 0.2) is 27.6 Å². The summed E-state index contributed by atoms with van der Waals surface area (Å²) in [5, 5.41) is 3.13. The van der Waals surface area contributed by atoms with Crippen molar-refractivity contribution in [3.05, 3.63) is 28.2 Å². The predicted octanol–water partition coefficient (Wildman–Crippen LogP) is 2.89. The van der Waals surface area contributed by atoms with Gasteiger partial charge in [0.1, 0.15) is 0 Å². The summed E-state index contributed by atoms with van der Waals surface area (Å²) in [6.45, 7) is 0.924. The lowest BCUT2D eigenvalue weighted by Gasteiger charge is -2.03. The van der Waals surface area contributed by atoms with Gasteiger partial charge in [0.25, 0.3) is 0 Å². The van der Waals surface area contributed by atoms with E-state index in [9.17, 15) is 0 Å². The van der Waals surface area contributed by atoms with Crippen LogP contribution in [0.2, 0.25) is 0 Å². The molecule has 0 aliphatic heterocycles. The van der Waals surface area contributed by atoms with Gasteiger partial charge in [0.2, 0.25) is 0 Å². The highest BCUT2D eigenvalue weighted by Crippen LogP contribution is 2.22. The molecule has 0 bridgehead atoms. The van der Waals surface area contributed by atoms with E-state index < -0.39 is 0 Å². The lowest BCUT2D eigenvalue weighted by atomic mass is 10.2. The third-order valence-electron chi connectivity index (χ3n) is 1.55. The number of nitrogens with one attached hydrogen (secondary N) is 1. The molecule has 0 aliphatic carbocycles. The minimum Gasteiger partial charge on any atom is -0.316 e. The van der Waals surface area contributed by atoms with Crippen molar-refractivity contribution in [3.63, 3.8) is 0 Å². The molecular weight excluding hydrogens is 234 g/mol. The Hall–Kier alpha value is 0.01000. The lowest BCUT2D eigenvalue weighted by molar-refractivity contribution is 0.815. The molecule has 0 atom stereocenters. The SMILES string of the molecule is CNCc1cc(Br)cc(SC)c1. The molecule has 0 aliphatic rings. The molecule has 1 N–H and O–H groups in total. The molecule has 12 heavy (non-hydrogen) atoms. The van der Waals surface area contributed by atoms with Crippen molar-refractivity contribution in [2.45, 2.75) is 11.4 Å². The first-order valence-electron chi connectivity index (χ1n) is 3.74. The second kappa shape index (κ2) is 4.90. The maximum atomic E-state index is 3.48. The van der Waals surface area contributed by atoms with Gasteiger partial charge in [0.15, 0.2) is 0 Å². The molecule has 0 aromatic heterocycles. The van der Waals surface area contributed by atoms with E-state index in [-0.39, 0.29) is 0 Å². The van der Waals surface area contributed by atoms with Gasteiger partial charge in [-0.2, -0.15) is 0 Å². The van der Waals surface area contributed by atoms with Crippen molar-refractivity contribution in [1.82, 2.24) is 5.32 Å². The van der Waals surface area contributed by atoms with Crippen LogP contribution in [0.25, 0.3) is 0 Å². The molecule has 0 amide bonds. The maximum absolute atomic E-state index is 3.48. The Balaban J connectivity index is 2.90. The van der Waals surface area contributed by atoms with E-state index in [1.807, 2.05) is 7.05 Å². The average molecular weight is 246 g/mol. The summed E-state index contributed by atoms with van der Waals surface area (Å²) in [5.41, 5.74) is 1.32. The predicted molar refractivity (Wildman–Crippen MR) is 58.7 cm³/mol. The van der Waals surface area contributed by atoms with E-state index in [1.54, 1.807) is 11.8 Å². The highest BCUT2D eigenvalue weighted by atomic mass is 79.9. The van der Waals surface area contributed by atoms with Crippen molar-refractivity contribution in [2.75, 3.05) is 13.3 Å². The first-order chi connectivity index (χ1) is 5.76. The summed E-state index contributed by atoms with van der Waals surface area (Å²) in [6, 6.07) is 6.46. The van der Waals surface area contributed by atoms with Gasteiger partial charge in [0, 0.05) is 15.9 Å². The van der Waals surface area contributed by atoms with Crippen LogP contribution in [0.1, 0.15) is 5.56 Å². The molecule has 0 heterocycles. The number of benzene rings is 1. The Morgan fingerprint density at radius 2 is 2.17 bits per heavy atom. The second-order valence-electron chi connectivity index (χ2n) is 2.53. The molecule has 1 aromatic rings. The van der Waals surface area contributed by atoms with Gasteiger partial charge >= 0.3 is 0 Å². The quantitative estimate of drug-likeness (QED) is 0.823. The van der Waals surface area contributed by atoms with E-state index in [2.05, 4.69) is 45.7 Å². The van der Waals surface area contributed by atoms with Crippen molar-refractivity contribution >= 4 is 27.7 Å². The monoisotopic (exact) mass is 245 g/mol. The summed E-state index contributed by atoms with van der Waals surface area (Å²) in [6.07, 6.45) is 2.09. The molecule has 0 saturated heterocycles. The lowest BCUT2D eigenvalue weighted by Crippen LogP contribution is -2.04. The topological polar surface area (TPSA) is 12.0 Å². The van der Waals surface area contributed by atoms with Gasteiger partial charge in [-0.25, -0.2) is 0 Å². The van der Waals surface area contributed by atoms with Crippen molar-refractivity contribution < 1.29 is 0 Å². The number of thioether (sulfide) groups is 1. The van der Waals surface area contributed by atoms with Crippen molar-refractivity contribution in [3.8, 4) is 0 Å². The third kappa shape index (κ3) is 2.81. The molecule has 1 nitrogen and oxygen atoms in total. The average Bonchev–Trinajstić information content (AvgIpc) is 2.04. The van der Waals surface area contributed by atoms with Gasteiger partial charge in [-0.3, -0.25) is 0 Å². The summed E-state index contributed by atoms with van der Waals surface area (Å²) in [7, 11) is 1.96.